The molecule has 0 bridgehead atoms. The average Bonchev–Trinajstić information content (AvgIpc) is 3.30. The summed E-state index contributed by atoms with van der Waals surface area (Å²) in [6, 6.07) is 21.0. The molecule has 8 heteroatoms. The summed E-state index contributed by atoms with van der Waals surface area (Å²) < 4.78 is 5.32. The first-order chi connectivity index (χ1) is 15.7. The summed E-state index contributed by atoms with van der Waals surface area (Å²) in [6.07, 6.45) is 1.70. The van der Waals surface area contributed by atoms with Crippen LogP contribution in [0.1, 0.15) is 5.69 Å². The van der Waals surface area contributed by atoms with Crippen molar-refractivity contribution in [3.8, 4) is 10.7 Å². The molecule has 4 aromatic rings. The second-order valence-corrected chi connectivity index (χ2v) is 8.90. The highest BCUT2D eigenvalue weighted by atomic mass is 32.2. The highest BCUT2D eigenvalue weighted by Crippen LogP contribution is 2.47. The smallest absolute Gasteiger partial charge is 0.312 e. The van der Waals surface area contributed by atoms with Crippen LogP contribution in [0.4, 0.5) is 11.4 Å². The molecule has 158 valence electrons. The molecule has 0 saturated heterocycles. The summed E-state index contributed by atoms with van der Waals surface area (Å²) in [4.78, 5) is 37.8. The fraction of sp³-hybridized carbons (Fsp3) is 0.0833. The Kier molecular flexibility index (Phi) is 5.70. The molecule has 0 aliphatic carbocycles. The van der Waals surface area contributed by atoms with Gasteiger partial charge in [0.2, 0.25) is 0 Å². The molecule has 1 amide bonds. The number of pyridine rings is 1. The maximum absolute atomic E-state index is 13.1. The Bertz CT molecular complexity index is 1240. The van der Waals surface area contributed by atoms with Gasteiger partial charge in [0, 0.05) is 21.4 Å². The number of fused-ring (bicyclic) bond motifs is 2. The molecule has 0 saturated carbocycles. The summed E-state index contributed by atoms with van der Waals surface area (Å²) in [5.74, 6) is -0.796. The summed E-state index contributed by atoms with van der Waals surface area (Å²) in [6.45, 7) is -0.344. The molecule has 1 aliphatic rings. The number of carbonyl (C=O) groups excluding carboxylic acids is 2. The zero-order valence-electron chi connectivity index (χ0n) is 16.8. The molecule has 3 heterocycles. The van der Waals surface area contributed by atoms with Gasteiger partial charge in [-0.2, -0.15) is 0 Å². The zero-order valence-corrected chi connectivity index (χ0v) is 18.4. The molecular formula is C24H17N3O3S2. The van der Waals surface area contributed by atoms with E-state index < -0.39 is 5.97 Å². The van der Waals surface area contributed by atoms with Gasteiger partial charge in [0.05, 0.1) is 29.2 Å². The van der Waals surface area contributed by atoms with Crippen LogP contribution < -0.4 is 4.90 Å². The number of aromatic nitrogens is 2. The number of ether oxygens (including phenoxy) is 1. The Morgan fingerprint density at radius 3 is 2.28 bits per heavy atom. The van der Waals surface area contributed by atoms with E-state index >= 15 is 0 Å². The Hall–Kier alpha value is -3.49. The van der Waals surface area contributed by atoms with Gasteiger partial charge >= 0.3 is 5.97 Å². The molecule has 2 aromatic carbocycles. The predicted molar refractivity (Wildman–Crippen MR) is 124 cm³/mol. The third-order valence-electron chi connectivity index (χ3n) is 4.80. The standard InChI is InChI=1S/C24H17N3O3S2/c28-22(27-18-8-1-3-10-20(18)32-21-11-4-2-9-19(21)27)14-30-23(29)13-16-15-31-24(26-16)17-7-5-6-12-25-17/h1-12,15H,13-14H2. The van der Waals surface area contributed by atoms with E-state index in [4.69, 9.17) is 4.74 Å². The highest BCUT2D eigenvalue weighted by Gasteiger charge is 2.28. The van der Waals surface area contributed by atoms with Crippen molar-refractivity contribution in [1.82, 2.24) is 9.97 Å². The van der Waals surface area contributed by atoms with Crippen molar-refractivity contribution in [2.75, 3.05) is 11.5 Å². The molecule has 0 radical (unpaired) electrons. The van der Waals surface area contributed by atoms with Gasteiger partial charge in [-0.1, -0.05) is 42.1 Å². The van der Waals surface area contributed by atoms with Crippen molar-refractivity contribution in [1.29, 1.82) is 0 Å². The van der Waals surface area contributed by atoms with Crippen molar-refractivity contribution in [2.45, 2.75) is 16.2 Å². The number of rotatable bonds is 5. The van der Waals surface area contributed by atoms with Crippen molar-refractivity contribution in [3.63, 3.8) is 0 Å². The minimum absolute atomic E-state index is 0.000358. The van der Waals surface area contributed by atoms with E-state index in [1.54, 1.807) is 28.2 Å². The number of nitrogens with zero attached hydrogens (tertiary/aromatic N) is 3. The lowest BCUT2D eigenvalue weighted by atomic mass is 10.2. The van der Waals surface area contributed by atoms with Gasteiger partial charge < -0.3 is 4.74 Å². The molecule has 0 spiro atoms. The van der Waals surface area contributed by atoms with Crippen LogP contribution in [0.15, 0.2) is 88.1 Å². The summed E-state index contributed by atoms with van der Waals surface area (Å²) in [5.41, 5.74) is 2.93. The van der Waals surface area contributed by atoms with Crippen molar-refractivity contribution >= 4 is 46.3 Å². The zero-order chi connectivity index (χ0) is 21.9. The van der Waals surface area contributed by atoms with Crippen molar-refractivity contribution in [3.05, 3.63) is 84.0 Å². The summed E-state index contributed by atoms with van der Waals surface area (Å²) in [5, 5.41) is 2.55. The largest absolute Gasteiger partial charge is 0.455 e. The fourth-order valence-corrected chi connectivity index (χ4v) is 5.23. The average molecular weight is 460 g/mol. The molecule has 0 unspecified atom stereocenters. The molecule has 32 heavy (non-hydrogen) atoms. The number of anilines is 2. The fourth-order valence-electron chi connectivity index (χ4n) is 3.37. The first-order valence-corrected chi connectivity index (χ1v) is 11.6. The van der Waals surface area contributed by atoms with E-state index in [9.17, 15) is 9.59 Å². The van der Waals surface area contributed by atoms with Crippen LogP contribution in [0.3, 0.4) is 0 Å². The lowest BCUT2D eigenvalue weighted by Gasteiger charge is -2.30. The van der Waals surface area contributed by atoms with Gasteiger partial charge in [0.1, 0.15) is 5.01 Å². The molecule has 0 N–H and O–H groups in total. The van der Waals surface area contributed by atoms with Gasteiger partial charge in [-0.3, -0.25) is 19.5 Å². The number of amides is 1. The minimum Gasteiger partial charge on any atom is -0.455 e. The van der Waals surface area contributed by atoms with Gasteiger partial charge in [0.25, 0.3) is 5.91 Å². The first-order valence-electron chi connectivity index (χ1n) is 9.89. The normalized spacial score (nSPS) is 12.1. The van der Waals surface area contributed by atoms with E-state index in [0.29, 0.717) is 5.69 Å². The van der Waals surface area contributed by atoms with Gasteiger partial charge in [0.15, 0.2) is 6.61 Å². The Morgan fingerprint density at radius 2 is 1.59 bits per heavy atom. The Morgan fingerprint density at radius 1 is 0.906 bits per heavy atom. The topological polar surface area (TPSA) is 72.4 Å². The van der Waals surface area contributed by atoms with E-state index in [1.165, 1.54) is 11.3 Å². The second kappa shape index (κ2) is 8.94. The van der Waals surface area contributed by atoms with Gasteiger partial charge in [-0.15, -0.1) is 11.3 Å². The van der Waals surface area contributed by atoms with Crippen LogP contribution in [0.25, 0.3) is 10.7 Å². The van der Waals surface area contributed by atoms with Gasteiger partial charge in [-0.05, 0) is 36.4 Å². The molecule has 5 rings (SSSR count). The van der Waals surface area contributed by atoms with Crippen LogP contribution in [-0.2, 0) is 20.7 Å². The van der Waals surface area contributed by atoms with Crippen LogP contribution >= 0.6 is 23.1 Å². The monoisotopic (exact) mass is 459 g/mol. The minimum atomic E-state index is -0.496. The summed E-state index contributed by atoms with van der Waals surface area (Å²) >= 11 is 3.03. The molecule has 0 fully saturated rings. The second-order valence-electron chi connectivity index (χ2n) is 6.96. The maximum atomic E-state index is 13.1. The van der Waals surface area contributed by atoms with Crippen LogP contribution in [0.2, 0.25) is 0 Å². The number of para-hydroxylation sites is 2. The van der Waals surface area contributed by atoms with Crippen LogP contribution in [0, 0.1) is 0 Å². The molecule has 0 atom stereocenters. The summed E-state index contributed by atoms with van der Waals surface area (Å²) in [7, 11) is 0. The van der Waals surface area contributed by atoms with Gasteiger partial charge in [-0.25, -0.2) is 4.98 Å². The van der Waals surface area contributed by atoms with Crippen molar-refractivity contribution < 1.29 is 14.3 Å². The lowest BCUT2D eigenvalue weighted by molar-refractivity contribution is -0.147. The van der Waals surface area contributed by atoms with E-state index in [1.807, 2.05) is 66.7 Å². The van der Waals surface area contributed by atoms with Crippen molar-refractivity contribution in [2.24, 2.45) is 0 Å². The quantitative estimate of drug-likeness (QED) is 0.386. The Balaban J connectivity index is 1.27. The molecule has 6 nitrogen and oxygen atoms in total. The number of hydrogen-bond donors (Lipinski definition) is 0. The predicted octanol–water partition coefficient (Wildman–Crippen LogP) is 5.12. The van der Waals surface area contributed by atoms with E-state index in [-0.39, 0.29) is 18.9 Å². The first kappa shape index (κ1) is 20.4. The molecule has 1 aliphatic heterocycles. The maximum Gasteiger partial charge on any atom is 0.312 e. The number of thiazole rings is 1. The molecule has 2 aromatic heterocycles. The van der Waals surface area contributed by atoms with E-state index in [0.717, 1.165) is 31.9 Å². The number of hydrogen-bond acceptors (Lipinski definition) is 7. The van der Waals surface area contributed by atoms with Crippen LogP contribution in [0.5, 0.6) is 0 Å². The SMILES string of the molecule is O=C(Cc1csc(-c2ccccn2)n1)OCC(=O)N1c2ccccc2Sc2ccccc21. The van der Waals surface area contributed by atoms with E-state index in [2.05, 4.69) is 9.97 Å². The Labute approximate surface area is 192 Å². The highest BCUT2D eigenvalue weighted by molar-refractivity contribution is 7.99. The number of esters is 1. The lowest BCUT2D eigenvalue weighted by Crippen LogP contribution is -2.32. The third kappa shape index (κ3) is 4.15. The number of benzene rings is 2. The number of carbonyl (C=O) groups is 2. The third-order valence-corrected chi connectivity index (χ3v) is 6.84. The van der Waals surface area contributed by atoms with Crippen LogP contribution in [-0.4, -0.2) is 28.5 Å². The molecular weight excluding hydrogens is 442 g/mol.